The van der Waals surface area contributed by atoms with Crippen LogP contribution in [0.25, 0.3) is 0 Å². The predicted octanol–water partition coefficient (Wildman–Crippen LogP) is 4.85. The molecule has 0 radical (unpaired) electrons. The molecule has 2 aliphatic carbocycles. The molecule has 2 bridgehead atoms. The molecule has 2 N–H and O–H groups in total. The molecule has 2 heterocycles. The highest BCUT2D eigenvalue weighted by Gasteiger charge is 2.44. The highest BCUT2D eigenvalue weighted by atomic mass is 35.5. The lowest BCUT2D eigenvalue weighted by atomic mass is 9.68. The first kappa shape index (κ1) is 29.5. The summed E-state index contributed by atoms with van der Waals surface area (Å²) in [6, 6.07) is 11.0. The highest BCUT2D eigenvalue weighted by molar-refractivity contribution is 7.87. The zero-order valence-corrected chi connectivity index (χ0v) is 25.8. The van der Waals surface area contributed by atoms with Gasteiger partial charge in [0.1, 0.15) is 5.75 Å². The summed E-state index contributed by atoms with van der Waals surface area (Å²) < 4.78 is 36.7. The Morgan fingerprint density at radius 2 is 2.02 bits per heavy atom. The van der Waals surface area contributed by atoms with E-state index in [1.165, 1.54) is 15.4 Å². The number of aliphatic hydroxyl groups is 1. The van der Waals surface area contributed by atoms with E-state index in [1.54, 1.807) is 25.1 Å². The fourth-order valence-electron chi connectivity index (χ4n) is 7.44. The number of carbonyl (C=O) groups excluding carboxylic acids is 1. The van der Waals surface area contributed by atoms with Gasteiger partial charge < -0.3 is 14.7 Å². The Hall–Kier alpha value is -2.59. The van der Waals surface area contributed by atoms with E-state index in [9.17, 15) is 18.3 Å². The van der Waals surface area contributed by atoms with E-state index in [1.807, 2.05) is 25.1 Å². The molecule has 1 saturated carbocycles. The number of hydrogen-bond donors (Lipinski definition) is 2. The Bertz CT molecular complexity index is 1500. The molecule has 0 unspecified atom stereocenters. The van der Waals surface area contributed by atoms with Crippen LogP contribution >= 0.6 is 11.6 Å². The van der Waals surface area contributed by atoms with Gasteiger partial charge in [-0.15, -0.1) is 0 Å². The van der Waals surface area contributed by atoms with Gasteiger partial charge in [-0.05, 0) is 98.7 Å². The van der Waals surface area contributed by atoms with E-state index in [0.29, 0.717) is 31.9 Å². The van der Waals surface area contributed by atoms with Crippen molar-refractivity contribution in [3.8, 4) is 5.75 Å². The maximum atomic E-state index is 13.4. The van der Waals surface area contributed by atoms with Crippen LogP contribution in [0.3, 0.4) is 0 Å². The number of aryl methyl sites for hydroxylation is 1. The number of hydrogen-bond acceptors (Lipinski definition) is 6. The van der Waals surface area contributed by atoms with Crippen LogP contribution in [0, 0.1) is 11.8 Å². The number of aliphatic hydroxyl groups excluding tert-OH is 1. The van der Waals surface area contributed by atoms with E-state index in [-0.39, 0.29) is 35.4 Å². The van der Waals surface area contributed by atoms with Gasteiger partial charge in [0.25, 0.3) is 5.91 Å². The van der Waals surface area contributed by atoms with Crippen LogP contribution in [0.5, 0.6) is 5.75 Å². The van der Waals surface area contributed by atoms with Gasteiger partial charge >= 0.3 is 10.2 Å². The summed E-state index contributed by atoms with van der Waals surface area (Å²) in [6.07, 6.45) is 8.43. The van der Waals surface area contributed by atoms with Crippen molar-refractivity contribution in [2.45, 2.75) is 69.9 Å². The first-order valence-electron chi connectivity index (χ1n) is 15.1. The van der Waals surface area contributed by atoms with Crippen molar-refractivity contribution in [3.05, 3.63) is 70.3 Å². The van der Waals surface area contributed by atoms with Crippen molar-refractivity contribution >= 4 is 33.4 Å². The van der Waals surface area contributed by atoms with E-state index >= 15 is 0 Å². The van der Waals surface area contributed by atoms with Gasteiger partial charge in [0, 0.05) is 41.7 Å². The summed E-state index contributed by atoms with van der Waals surface area (Å²) in [4.78, 5) is 15.7. The average Bonchev–Trinajstić information content (AvgIpc) is 3.07. The summed E-state index contributed by atoms with van der Waals surface area (Å²) in [5, 5.41) is 11.9. The molecule has 6 rings (SSSR count). The number of amides is 1. The Morgan fingerprint density at radius 3 is 2.79 bits per heavy atom. The second kappa shape index (κ2) is 11.5. The molecule has 0 saturated heterocycles. The van der Waals surface area contributed by atoms with Crippen LogP contribution in [0.2, 0.25) is 5.02 Å². The number of benzene rings is 2. The van der Waals surface area contributed by atoms with Crippen molar-refractivity contribution in [1.29, 1.82) is 0 Å². The fourth-order valence-corrected chi connectivity index (χ4v) is 9.00. The van der Waals surface area contributed by atoms with Crippen molar-refractivity contribution in [3.63, 3.8) is 0 Å². The van der Waals surface area contributed by atoms with E-state index in [2.05, 4.69) is 21.8 Å². The standard InChI is InChI=1S/C32H40ClN3O5S/c1-3-36-21(2)6-4-8-29(37)26-12-9-24(26)18-35-19-32(15-5-7-22-16-25(33)11-13-27(22)32)20-41-30-14-10-23(17-28(30)35)31(38)34-42(36,39)40/h4,8,10-11,13-14,16-17,21,24,26,29,37H,3,5-7,9,12,15,18-20H2,1-2H3,(H,34,38)/b8-4-/t21-,24-,26+,29-,32-/m0/s1. The topological polar surface area (TPSA) is 99.2 Å². The summed E-state index contributed by atoms with van der Waals surface area (Å²) >= 11 is 6.38. The molecule has 5 atom stereocenters. The monoisotopic (exact) mass is 613 g/mol. The second-order valence-corrected chi connectivity index (χ2v) is 14.5. The van der Waals surface area contributed by atoms with E-state index in [0.717, 1.165) is 42.8 Å². The number of rotatable bonds is 1. The first-order valence-corrected chi connectivity index (χ1v) is 16.9. The first-order chi connectivity index (χ1) is 20.1. The number of carbonyl (C=O) groups is 1. The molecular weight excluding hydrogens is 574 g/mol. The quantitative estimate of drug-likeness (QED) is 0.447. The van der Waals surface area contributed by atoms with Gasteiger partial charge in [0.2, 0.25) is 0 Å². The van der Waals surface area contributed by atoms with Gasteiger partial charge in [0.15, 0.2) is 0 Å². The molecule has 226 valence electrons. The number of fused-ring (bicyclic) bond motifs is 4. The molecule has 1 spiro atoms. The predicted molar refractivity (Wildman–Crippen MR) is 164 cm³/mol. The number of nitrogens with zero attached hydrogens (tertiary/aromatic N) is 2. The van der Waals surface area contributed by atoms with Crippen LogP contribution in [0.15, 0.2) is 48.6 Å². The molecule has 8 nitrogen and oxygen atoms in total. The second-order valence-electron chi connectivity index (χ2n) is 12.4. The van der Waals surface area contributed by atoms with Crippen LogP contribution in [-0.4, -0.2) is 62.1 Å². The third kappa shape index (κ3) is 5.45. The lowest BCUT2D eigenvalue weighted by Crippen LogP contribution is -2.49. The molecule has 2 aliphatic heterocycles. The molecule has 4 aliphatic rings. The fraction of sp³-hybridized carbons (Fsp3) is 0.531. The van der Waals surface area contributed by atoms with Crippen LogP contribution in [0.1, 0.15) is 67.4 Å². The third-order valence-corrected chi connectivity index (χ3v) is 11.7. The molecule has 0 aromatic heterocycles. The van der Waals surface area contributed by atoms with E-state index < -0.39 is 22.2 Å². The molecule has 1 amide bonds. The van der Waals surface area contributed by atoms with Gasteiger partial charge in [-0.25, -0.2) is 4.72 Å². The molecule has 10 heteroatoms. The molecule has 2 aromatic rings. The van der Waals surface area contributed by atoms with Gasteiger partial charge in [0.05, 0.1) is 18.4 Å². The zero-order chi connectivity index (χ0) is 29.6. The zero-order valence-electron chi connectivity index (χ0n) is 24.3. The van der Waals surface area contributed by atoms with Crippen molar-refractivity contribution < 1.29 is 23.1 Å². The summed E-state index contributed by atoms with van der Waals surface area (Å²) in [7, 11) is -4.09. The minimum Gasteiger partial charge on any atom is -0.490 e. The lowest BCUT2D eigenvalue weighted by Gasteiger charge is -2.45. The maximum absolute atomic E-state index is 13.4. The Kier molecular flexibility index (Phi) is 8.06. The third-order valence-electron chi connectivity index (χ3n) is 9.81. The van der Waals surface area contributed by atoms with Crippen molar-refractivity contribution in [2.75, 3.05) is 31.1 Å². The van der Waals surface area contributed by atoms with Crippen molar-refractivity contribution in [1.82, 2.24) is 9.03 Å². The van der Waals surface area contributed by atoms with Gasteiger partial charge in [-0.3, -0.25) is 4.79 Å². The van der Waals surface area contributed by atoms with Gasteiger partial charge in [-0.2, -0.15) is 12.7 Å². The minimum absolute atomic E-state index is 0.114. The number of ether oxygens (including phenoxy) is 1. The van der Waals surface area contributed by atoms with Crippen LogP contribution < -0.4 is 14.4 Å². The number of halogens is 1. The number of anilines is 1. The Labute approximate surface area is 253 Å². The number of nitrogens with one attached hydrogen (secondary N) is 1. The maximum Gasteiger partial charge on any atom is 0.304 e. The molecule has 1 fully saturated rings. The Morgan fingerprint density at radius 1 is 1.19 bits per heavy atom. The van der Waals surface area contributed by atoms with E-state index in [4.69, 9.17) is 16.3 Å². The SMILES string of the molecule is CCN1[C@@H](C)C/C=C\[C@H](O)[C@@H]2CC[C@H]2CN2C[C@@]3(CCCc4cc(Cl)ccc43)COc3ccc(cc32)C(=O)NS1(=O)=O. The highest BCUT2D eigenvalue weighted by Crippen LogP contribution is 2.46. The average molecular weight is 614 g/mol. The summed E-state index contributed by atoms with van der Waals surface area (Å²) in [6.45, 7) is 5.67. The molecular formula is C32H40ClN3O5S. The summed E-state index contributed by atoms with van der Waals surface area (Å²) in [5.41, 5.74) is 3.28. The normalized spacial score (nSPS) is 32.0. The van der Waals surface area contributed by atoms with Crippen LogP contribution in [0.4, 0.5) is 5.69 Å². The lowest BCUT2D eigenvalue weighted by molar-refractivity contribution is 0.0455. The summed E-state index contributed by atoms with van der Waals surface area (Å²) in [5.74, 6) is 0.396. The smallest absolute Gasteiger partial charge is 0.304 e. The van der Waals surface area contributed by atoms with Crippen LogP contribution in [-0.2, 0) is 22.0 Å². The van der Waals surface area contributed by atoms with Gasteiger partial charge in [-0.1, -0.05) is 36.7 Å². The minimum atomic E-state index is -4.09. The Balaban J connectivity index is 1.42. The molecule has 2 aromatic carbocycles. The molecule has 42 heavy (non-hydrogen) atoms. The largest absolute Gasteiger partial charge is 0.490 e. The van der Waals surface area contributed by atoms with Crippen molar-refractivity contribution in [2.24, 2.45) is 11.8 Å².